The number of aryl methyl sites for hydroxylation is 1. The third-order valence-electron chi connectivity index (χ3n) is 3.09. The van der Waals surface area contributed by atoms with E-state index in [1.807, 2.05) is 18.2 Å². The fourth-order valence-electron chi connectivity index (χ4n) is 2.14. The van der Waals surface area contributed by atoms with Gasteiger partial charge in [-0.1, -0.05) is 0 Å². The monoisotopic (exact) mass is 290 g/mol. The van der Waals surface area contributed by atoms with Crippen molar-refractivity contribution in [3.05, 3.63) is 53.9 Å². The Kier molecular flexibility index (Phi) is 4.58. The van der Waals surface area contributed by atoms with Gasteiger partial charge >= 0.3 is 0 Å². The molecule has 1 aromatic carbocycles. The highest BCUT2D eigenvalue weighted by atomic mass is 35.5. The van der Waals surface area contributed by atoms with Gasteiger partial charge in [-0.2, -0.15) is 0 Å². The van der Waals surface area contributed by atoms with Crippen LogP contribution in [0.2, 0.25) is 0 Å². The number of hydrogen-bond acceptors (Lipinski definition) is 3. The lowest BCUT2D eigenvalue weighted by atomic mass is 10.1. The number of carbonyl (C=O) groups excluding carboxylic acids is 1. The molecule has 0 atom stereocenters. The summed E-state index contributed by atoms with van der Waals surface area (Å²) in [5.74, 6) is 0.774. The molecule has 104 valence electrons. The van der Waals surface area contributed by atoms with Crippen LogP contribution in [0.25, 0.3) is 0 Å². The molecule has 0 saturated heterocycles. The molecular weight excluding hydrogens is 276 g/mol. The van der Waals surface area contributed by atoms with Gasteiger partial charge in [0.1, 0.15) is 5.75 Å². The minimum atomic E-state index is -0.148. The number of anilines is 1. The number of carbonyl (C=O) groups is 1. The zero-order valence-corrected chi connectivity index (χ0v) is 11.7. The lowest BCUT2D eigenvalue weighted by Crippen LogP contribution is -2.13. The van der Waals surface area contributed by atoms with Gasteiger partial charge in [-0.3, -0.25) is 9.78 Å². The van der Waals surface area contributed by atoms with Gasteiger partial charge in [-0.25, -0.2) is 0 Å². The van der Waals surface area contributed by atoms with Crippen LogP contribution in [0.15, 0.2) is 42.7 Å². The number of halogens is 1. The number of nitrogens with zero attached hydrogens (tertiary/aromatic N) is 1. The van der Waals surface area contributed by atoms with E-state index in [2.05, 4.69) is 10.3 Å². The highest BCUT2D eigenvalue weighted by Gasteiger charge is 2.12. The van der Waals surface area contributed by atoms with E-state index in [1.54, 1.807) is 24.5 Å². The van der Waals surface area contributed by atoms with Crippen LogP contribution >= 0.6 is 12.4 Å². The second-order valence-corrected chi connectivity index (χ2v) is 4.47. The van der Waals surface area contributed by atoms with Crippen LogP contribution in [0.4, 0.5) is 5.69 Å². The van der Waals surface area contributed by atoms with Gasteiger partial charge in [-0.15, -0.1) is 12.4 Å². The van der Waals surface area contributed by atoms with Crippen LogP contribution < -0.4 is 10.1 Å². The van der Waals surface area contributed by atoms with Crippen molar-refractivity contribution in [3.63, 3.8) is 0 Å². The maximum atomic E-state index is 12.0. The van der Waals surface area contributed by atoms with Gasteiger partial charge in [0, 0.05) is 18.1 Å². The van der Waals surface area contributed by atoms with Crippen molar-refractivity contribution < 1.29 is 9.53 Å². The van der Waals surface area contributed by atoms with E-state index in [4.69, 9.17) is 4.74 Å². The molecule has 2 aromatic rings. The predicted octanol–water partition coefficient (Wildman–Crippen LogP) is 3.08. The molecule has 0 radical (unpaired) electrons. The molecule has 4 nitrogen and oxygen atoms in total. The summed E-state index contributed by atoms with van der Waals surface area (Å²) in [7, 11) is 0. The maximum absolute atomic E-state index is 12.0. The minimum absolute atomic E-state index is 0. The van der Waals surface area contributed by atoms with Crippen molar-refractivity contribution in [2.45, 2.75) is 12.8 Å². The van der Waals surface area contributed by atoms with E-state index in [1.165, 1.54) is 0 Å². The van der Waals surface area contributed by atoms with E-state index in [0.717, 1.165) is 36.4 Å². The topological polar surface area (TPSA) is 51.2 Å². The first-order valence-electron chi connectivity index (χ1n) is 6.30. The van der Waals surface area contributed by atoms with Gasteiger partial charge in [0.05, 0.1) is 12.2 Å². The molecule has 0 bridgehead atoms. The maximum Gasteiger partial charge on any atom is 0.257 e. The quantitative estimate of drug-likeness (QED) is 0.925. The van der Waals surface area contributed by atoms with Crippen LogP contribution in [-0.4, -0.2) is 17.5 Å². The SMILES string of the molecule is Cl.O=C(Nc1ccc2c(c1)CCCO2)c1cccnc1. The Morgan fingerprint density at radius 3 is 3.00 bits per heavy atom. The van der Waals surface area contributed by atoms with Crippen molar-refractivity contribution in [1.82, 2.24) is 4.98 Å². The molecule has 0 aliphatic carbocycles. The van der Waals surface area contributed by atoms with Gasteiger partial charge in [0.25, 0.3) is 5.91 Å². The van der Waals surface area contributed by atoms with Crippen LogP contribution in [0.3, 0.4) is 0 Å². The van der Waals surface area contributed by atoms with E-state index >= 15 is 0 Å². The average molecular weight is 291 g/mol. The molecule has 5 heteroatoms. The fourth-order valence-corrected chi connectivity index (χ4v) is 2.14. The zero-order valence-electron chi connectivity index (χ0n) is 10.8. The zero-order chi connectivity index (χ0) is 13.1. The first-order valence-corrected chi connectivity index (χ1v) is 6.30. The molecule has 1 aromatic heterocycles. The molecule has 1 aliphatic rings. The summed E-state index contributed by atoms with van der Waals surface area (Å²) in [5, 5.41) is 2.87. The summed E-state index contributed by atoms with van der Waals surface area (Å²) in [6.45, 7) is 0.772. The van der Waals surface area contributed by atoms with Crippen LogP contribution in [0.5, 0.6) is 5.75 Å². The average Bonchev–Trinajstić information content (AvgIpc) is 2.48. The van der Waals surface area contributed by atoms with Gasteiger partial charge < -0.3 is 10.1 Å². The van der Waals surface area contributed by atoms with Gasteiger partial charge in [0.2, 0.25) is 0 Å². The Morgan fingerprint density at radius 2 is 2.20 bits per heavy atom. The summed E-state index contributed by atoms with van der Waals surface area (Å²) in [6.07, 6.45) is 5.21. The summed E-state index contributed by atoms with van der Waals surface area (Å²) in [4.78, 5) is 15.9. The summed E-state index contributed by atoms with van der Waals surface area (Å²) < 4.78 is 5.55. The Balaban J connectivity index is 0.00000147. The Bertz CT molecular complexity index is 602. The van der Waals surface area contributed by atoms with Crippen LogP contribution in [-0.2, 0) is 6.42 Å². The predicted molar refractivity (Wildman–Crippen MR) is 79.7 cm³/mol. The Hall–Kier alpha value is -2.07. The number of rotatable bonds is 2. The number of hydrogen-bond donors (Lipinski definition) is 1. The van der Waals surface area contributed by atoms with E-state index in [0.29, 0.717) is 5.56 Å². The number of aromatic nitrogens is 1. The highest BCUT2D eigenvalue weighted by Crippen LogP contribution is 2.27. The first kappa shape index (κ1) is 14.3. The third kappa shape index (κ3) is 3.08. The molecule has 1 N–H and O–H groups in total. The fraction of sp³-hybridized carbons (Fsp3) is 0.200. The summed E-state index contributed by atoms with van der Waals surface area (Å²) in [5.41, 5.74) is 2.49. The molecule has 1 amide bonds. The molecule has 2 heterocycles. The second kappa shape index (κ2) is 6.39. The standard InChI is InChI=1S/C15H14N2O2.ClH/c18-15(12-3-1-7-16-10-12)17-13-5-6-14-11(9-13)4-2-8-19-14;/h1,3,5-7,9-10H,2,4,8H2,(H,17,18);1H. The third-order valence-corrected chi connectivity index (χ3v) is 3.09. The lowest BCUT2D eigenvalue weighted by molar-refractivity contribution is 0.102. The highest BCUT2D eigenvalue weighted by molar-refractivity contribution is 6.04. The molecule has 3 rings (SSSR count). The van der Waals surface area contributed by atoms with Crippen molar-refractivity contribution in [2.75, 3.05) is 11.9 Å². The van der Waals surface area contributed by atoms with E-state index in [-0.39, 0.29) is 18.3 Å². The molecule has 0 spiro atoms. The van der Waals surface area contributed by atoms with Gasteiger partial charge in [0.15, 0.2) is 0 Å². The minimum Gasteiger partial charge on any atom is -0.493 e. The molecule has 1 aliphatic heterocycles. The molecule has 0 unspecified atom stereocenters. The van der Waals surface area contributed by atoms with Crippen molar-refractivity contribution in [3.8, 4) is 5.75 Å². The largest absolute Gasteiger partial charge is 0.493 e. The number of benzene rings is 1. The van der Waals surface area contributed by atoms with Crippen molar-refractivity contribution in [2.24, 2.45) is 0 Å². The second-order valence-electron chi connectivity index (χ2n) is 4.47. The molecule has 0 fully saturated rings. The van der Waals surface area contributed by atoms with Crippen LogP contribution in [0.1, 0.15) is 22.3 Å². The molecular formula is C15H15ClN2O2. The molecule has 0 saturated carbocycles. The number of pyridine rings is 1. The summed E-state index contributed by atoms with van der Waals surface area (Å²) >= 11 is 0. The van der Waals surface area contributed by atoms with Crippen molar-refractivity contribution >= 4 is 24.0 Å². The van der Waals surface area contributed by atoms with Gasteiger partial charge in [-0.05, 0) is 48.7 Å². The summed E-state index contributed by atoms with van der Waals surface area (Å²) in [6, 6.07) is 9.23. The first-order chi connectivity index (χ1) is 9.33. The lowest BCUT2D eigenvalue weighted by Gasteiger charge is -2.18. The normalized spacial score (nSPS) is 12.6. The Labute approximate surface area is 123 Å². The number of amides is 1. The smallest absolute Gasteiger partial charge is 0.257 e. The van der Waals surface area contributed by atoms with Crippen LogP contribution in [0, 0.1) is 0 Å². The van der Waals surface area contributed by atoms with Crippen molar-refractivity contribution in [1.29, 1.82) is 0 Å². The Morgan fingerprint density at radius 1 is 1.30 bits per heavy atom. The number of nitrogens with one attached hydrogen (secondary N) is 1. The van der Waals surface area contributed by atoms with E-state index < -0.39 is 0 Å². The number of ether oxygens (including phenoxy) is 1. The number of fused-ring (bicyclic) bond motifs is 1. The molecule has 20 heavy (non-hydrogen) atoms. The van der Waals surface area contributed by atoms with E-state index in [9.17, 15) is 4.79 Å².